The van der Waals surface area contributed by atoms with Gasteiger partial charge in [0, 0.05) is 19.6 Å². The molecule has 0 saturated carbocycles. The van der Waals surface area contributed by atoms with E-state index in [0.29, 0.717) is 18.0 Å². The molecule has 98 valence electrons. The summed E-state index contributed by atoms with van der Waals surface area (Å²) in [6.45, 7) is 3.38. The lowest BCUT2D eigenvalue weighted by atomic mass is 9.96. The monoisotopic (exact) mass is 249 g/mol. The SMILES string of the molecule is Cc1ccc(NC(=O)CC2CCOCC2)c(O)c1. The van der Waals surface area contributed by atoms with Crippen molar-refractivity contribution in [2.24, 2.45) is 5.92 Å². The number of phenols is 1. The van der Waals surface area contributed by atoms with Gasteiger partial charge in [0.2, 0.25) is 5.91 Å². The van der Waals surface area contributed by atoms with E-state index in [4.69, 9.17) is 4.74 Å². The van der Waals surface area contributed by atoms with Crippen molar-refractivity contribution >= 4 is 11.6 Å². The lowest BCUT2D eigenvalue weighted by Crippen LogP contribution is -2.22. The Bertz CT molecular complexity index is 425. The van der Waals surface area contributed by atoms with Crippen molar-refractivity contribution in [2.45, 2.75) is 26.2 Å². The molecule has 0 aliphatic carbocycles. The first-order valence-electron chi connectivity index (χ1n) is 6.32. The molecule has 1 aliphatic rings. The lowest BCUT2D eigenvalue weighted by molar-refractivity contribution is -0.117. The second kappa shape index (κ2) is 5.87. The molecule has 1 aliphatic heterocycles. The fourth-order valence-electron chi connectivity index (χ4n) is 2.16. The van der Waals surface area contributed by atoms with Crippen LogP contribution in [0.3, 0.4) is 0 Å². The molecule has 18 heavy (non-hydrogen) atoms. The van der Waals surface area contributed by atoms with Crippen LogP contribution in [0.2, 0.25) is 0 Å². The highest BCUT2D eigenvalue weighted by atomic mass is 16.5. The van der Waals surface area contributed by atoms with E-state index < -0.39 is 0 Å². The molecular weight excluding hydrogens is 230 g/mol. The highest BCUT2D eigenvalue weighted by molar-refractivity contribution is 5.92. The molecule has 1 aromatic rings. The van der Waals surface area contributed by atoms with Crippen molar-refractivity contribution in [3.05, 3.63) is 23.8 Å². The zero-order valence-corrected chi connectivity index (χ0v) is 10.6. The number of hydrogen-bond acceptors (Lipinski definition) is 3. The molecule has 0 unspecified atom stereocenters. The van der Waals surface area contributed by atoms with Crippen molar-refractivity contribution < 1.29 is 14.6 Å². The number of aromatic hydroxyl groups is 1. The summed E-state index contributed by atoms with van der Waals surface area (Å²) in [5.74, 6) is 0.475. The van der Waals surface area contributed by atoms with Crippen LogP contribution in [0.4, 0.5) is 5.69 Å². The van der Waals surface area contributed by atoms with Crippen LogP contribution in [0.15, 0.2) is 18.2 Å². The predicted octanol–water partition coefficient (Wildman–Crippen LogP) is 2.46. The predicted molar refractivity (Wildman–Crippen MR) is 69.6 cm³/mol. The molecule has 1 saturated heterocycles. The summed E-state index contributed by atoms with van der Waals surface area (Å²) in [5, 5.41) is 12.5. The summed E-state index contributed by atoms with van der Waals surface area (Å²) >= 11 is 0. The first kappa shape index (κ1) is 12.9. The van der Waals surface area contributed by atoms with Crippen LogP contribution in [-0.4, -0.2) is 24.2 Å². The third kappa shape index (κ3) is 3.47. The average Bonchev–Trinajstić information content (AvgIpc) is 2.34. The van der Waals surface area contributed by atoms with E-state index in [1.54, 1.807) is 12.1 Å². The van der Waals surface area contributed by atoms with Crippen molar-refractivity contribution in [3.63, 3.8) is 0 Å². The average molecular weight is 249 g/mol. The molecule has 1 amide bonds. The fraction of sp³-hybridized carbons (Fsp3) is 0.500. The van der Waals surface area contributed by atoms with Gasteiger partial charge in [0.15, 0.2) is 0 Å². The Balaban J connectivity index is 1.90. The van der Waals surface area contributed by atoms with Crippen LogP contribution in [0.5, 0.6) is 5.75 Å². The summed E-state index contributed by atoms with van der Waals surface area (Å²) in [7, 11) is 0. The topological polar surface area (TPSA) is 58.6 Å². The Kier molecular flexibility index (Phi) is 4.20. The molecular formula is C14H19NO3. The normalized spacial score (nSPS) is 16.5. The van der Waals surface area contributed by atoms with Crippen LogP contribution in [0.1, 0.15) is 24.8 Å². The smallest absolute Gasteiger partial charge is 0.224 e. The van der Waals surface area contributed by atoms with Crippen molar-refractivity contribution in [1.29, 1.82) is 0 Å². The quantitative estimate of drug-likeness (QED) is 0.809. The van der Waals surface area contributed by atoms with Gasteiger partial charge in [-0.3, -0.25) is 4.79 Å². The van der Waals surface area contributed by atoms with Gasteiger partial charge in [0.05, 0.1) is 5.69 Å². The standard InChI is InChI=1S/C14H19NO3/c1-10-2-3-12(13(16)8-10)15-14(17)9-11-4-6-18-7-5-11/h2-3,8,11,16H,4-7,9H2,1H3,(H,15,17). The Hall–Kier alpha value is -1.55. The maximum atomic E-state index is 11.9. The molecule has 2 N–H and O–H groups in total. The van der Waals surface area contributed by atoms with E-state index in [9.17, 15) is 9.90 Å². The number of ether oxygens (including phenoxy) is 1. The highest BCUT2D eigenvalue weighted by Gasteiger charge is 2.17. The molecule has 0 radical (unpaired) electrons. The molecule has 1 aromatic carbocycles. The number of phenolic OH excluding ortho intramolecular Hbond substituents is 1. The van der Waals surface area contributed by atoms with E-state index in [-0.39, 0.29) is 11.7 Å². The van der Waals surface area contributed by atoms with Gasteiger partial charge in [-0.15, -0.1) is 0 Å². The first-order chi connectivity index (χ1) is 8.65. The van der Waals surface area contributed by atoms with E-state index in [1.165, 1.54) is 0 Å². The molecule has 4 nitrogen and oxygen atoms in total. The van der Waals surface area contributed by atoms with E-state index in [1.807, 2.05) is 13.0 Å². The van der Waals surface area contributed by atoms with Crippen LogP contribution >= 0.6 is 0 Å². The van der Waals surface area contributed by atoms with Gasteiger partial charge in [-0.25, -0.2) is 0 Å². The van der Waals surface area contributed by atoms with Gasteiger partial charge >= 0.3 is 0 Å². The van der Waals surface area contributed by atoms with Crippen molar-refractivity contribution in [1.82, 2.24) is 0 Å². The van der Waals surface area contributed by atoms with E-state index >= 15 is 0 Å². The van der Waals surface area contributed by atoms with Gasteiger partial charge in [-0.05, 0) is 43.4 Å². The zero-order chi connectivity index (χ0) is 13.0. The molecule has 0 atom stereocenters. The highest BCUT2D eigenvalue weighted by Crippen LogP contribution is 2.25. The summed E-state index contributed by atoms with van der Waals surface area (Å²) in [6.07, 6.45) is 2.37. The van der Waals surface area contributed by atoms with E-state index in [2.05, 4.69) is 5.32 Å². The molecule has 4 heteroatoms. The van der Waals surface area contributed by atoms with Gasteiger partial charge in [-0.1, -0.05) is 6.07 Å². The number of benzene rings is 1. The number of nitrogens with one attached hydrogen (secondary N) is 1. The second-order valence-electron chi connectivity index (χ2n) is 4.83. The Morgan fingerprint density at radius 1 is 1.44 bits per heavy atom. The number of anilines is 1. The number of aryl methyl sites for hydroxylation is 1. The minimum Gasteiger partial charge on any atom is -0.506 e. The van der Waals surface area contributed by atoms with Gasteiger partial charge in [0.25, 0.3) is 0 Å². The Labute approximate surface area is 107 Å². The number of rotatable bonds is 3. The number of amides is 1. The maximum Gasteiger partial charge on any atom is 0.224 e. The van der Waals surface area contributed by atoms with Gasteiger partial charge in [0.1, 0.15) is 5.75 Å². The maximum absolute atomic E-state index is 11.9. The second-order valence-corrected chi connectivity index (χ2v) is 4.83. The summed E-state index contributed by atoms with van der Waals surface area (Å²) in [4.78, 5) is 11.9. The summed E-state index contributed by atoms with van der Waals surface area (Å²) in [6, 6.07) is 5.24. The van der Waals surface area contributed by atoms with Crippen molar-refractivity contribution in [2.75, 3.05) is 18.5 Å². The third-order valence-corrected chi connectivity index (χ3v) is 3.24. The van der Waals surface area contributed by atoms with Crippen LogP contribution in [0.25, 0.3) is 0 Å². The first-order valence-corrected chi connectivity index (χ1v) is 6.32. The molecule has 0 aromatic heterocycles. The molecule has 2 rings (SSSR count). The van der Waals surface area contributed by atoms with Crippen molar-refractivity contribution in [3.8, 4) is 5.75 Å². The Morgan fingerprint density at radius 2 is 2.17 bits per heavy atom. The van der Waals surface area contributed by atoms with E-state index in [0.717, 1.165) is 31.6 Å². The number of carbonyl (C=O) groups excluding carboxylic acids is 1. The largest absolute Gasteiger partial charge is 0.506 e. The fourth-order valence-corrected chi connectivity index (χ4v) is 2.16. The minimum atomic E-state index is -0.0407. The summed E-state index contributed by atoms with van der Waals surface area (Å²) < 4.78 is 5.26. The molecule has 1 fully saturated rings. The molecule has 0 spiro atoms. The minimum absolute atomic E-state index is 0.0407. The van der Waals surface area contributed by atoms with Crippen LogP contribution < -0.4 is 5.32 Å². The van der Waals surface area contributed by atoms with Crippen LogP contribution in [-0.2, 0) is 9.53 Å². The number of hydrogen-bond donors (Lipinski definition) is 2. The third-order valence-electron chi connectivity index (χ3n) is 3.24. The summed E-state index contributed by atoms with van der Waals surface area (Å²) in [5.41, 5.74) is 1.45. The van der Waals surface area contributed by atoms with Gasteiger partial charge < -0.3 is 15.2 Å². The van der Waals surface area contributed by atoms with Gasteiger partial charge in [-0.2, -0.15) is 0 Å². The Morgan fingerprint density at radius 3 is 2.83 bits per heavy atom. The van der Waals surface area contributed by atoms with Crippen LogP contribution in [0, 0.1) is 12.8 Å². The molecule has 1 heterocycles. The lowest BCUT2D eigenvalue weighted by Gasteiger charge is -2.21. The number of carbonyl (C=O) groups is 1. The molecule has 0 bridgehead atoms. The zero-order valence-electron chi connectivity index (χ0n) is 10.6.